The topological polar surface area (TPSA) is 65.9 Å². The van der Waals surface area contributed by atoms with E-state index in [0.29, 0.717) is 25.7 Å². The van der Waals surface area contributed by atoms with Crippen LogP contribution in [0.4, 0.5) is 4.39 Å². The average molecular weight is 359 g/mol. The molecule has 0 aliphatic rings. The first-order chi connectivity index (χ1) is 12.6. The minimum Gasteiger partial charge on any atom is -0.492 e. The molecule has 0 saturated heterocycles. The fourth-order valence-electron chi connectivity index (χ4n) is 2.33. The first-order valence-corrected chi connectivity index (χ1v) is 8.72. The largest absolute Gasteiger partial charge is 0.492 e. The van der Waals surface area contributed by atoms with Gasteiger partial charge in [0.1, 0.15) is 18.2 Å². The summed E-state index contributed by atoms with van der Waals surface area (Å²) in [6, 6.07) is 12.6. The molecule has 0 spiro atoms. The van der Waals surface area contributed by atoms with Gasteiger partial charge in [0.05, 0.1) is 19.7 Å². The van der Waals surface area contributed by atoms with Crippen LogP contribution >= 0.6 is 0 Å². The molecule has 0 amide bonds. The lowest BCUT2D eigenvalue weighted by Crippen LogP contribution is -2.39. The molecule has 2 rings (SSSR count). The van der Waals surface area contributed by atoms with Gasteiger partial charge in [-0.3, -0.25) is 0 Å². The van der Waals surface area contributed by atoms with Gasteiger partial charge in [0, 0.05) is 12.1 Å². The third-order valence-corrected chi connectivity index (χ3v) is 3.73. The number of aliphatic imine (C=N–C) groups is 1. The summed E-state index contributed by atoms with van der Waals surface area (Å²) in [5.74, 6) is 1.09. The Labute approximate surface area is 153 Å². The van der Waals surface area contributed by atoms with Crippen molar-refractivity contribution in [3.05, 3.63) is 65.0 Å². The van der Waals surface area contributed by atoms with Crippen molar-refractivity contribution in [3.63, 3.8) is 0 Å². The third kappa shape index (κ3) is 6.37. The van der Waals surface area contributed by atoms with Crippen molar-refractivity contribution in [1.82, 2.24) is 10.6 Å². The van der Waals surface area contributed by atoms with E-state index in [1.807, 2.05) is 38.1 Å². The molecule has 0 bridgehead atoms. The van der Waals surface area contributed by atoms with Gasteiger partial charge in [0.15, 0.2) is 5.96 Å². The van der Waals surface area contributed by atoms with Crippen molar-refractivity contribution >= 4 is 5.96 Å². The van der Waals surface area contributed by atoms with Gasteiger partial charge in [0.2, 0.25) is 0 Å². The fourth-order valence-corrected chi connectivity index (χ4v) is 2.33. The van der Waals surface area contributed by atoms with E-state index in [1.165, 1.54) is 11.6 Å². The monoisotopic (exact) mass is 359 g/mol. The number of nitrogens with zero attached hydrogens (tertiary/aromatic N) is 1. The van der Waals surface area contributed by atoms with Crippen molar-refractivity contribution in [3.8, 4) is 5.75 Å². The Morgan fingerprint density at radius 3 is 2.62 bits per heavy atom. The molecule has 0 aromatic heterocycles. The molecule has 0 saturated carbocycles. The van der Waals surface area contributed by atoms with Gasteiger partial charge in [-0.05, 0) is 43.7 Å². The number of guanidine groups is 1. The van der Waals surface area contributed by atoms with E-state index in [2.05, 4.69) is 15.6 Å². The molecular formula is C20H26FN3O2. The Hall–Kier alpha value is -2.60. The highest BCUT2D eigenvalue weighted by molar-refractivity contribution is 5.79. The predicted octanol–water partition coefficient (Wildman–Crippen LogP) is 2.76. The fraction of sp³-hybridized carbons (Fsp3) is 0.350. The molecule has 140 valence electrons. The van der Waals surface area contributed by atoms with Gasteiger partial charge in [-0.1, -0.05) is 23.8 Å². The van der Waals surface area contributed by atoms with E-state index in [-0.39, 0.29) is 12.2 Å². The van der Waals surface area contributed by atoms with Crippen molar-refractivity contribution in [2.45, 2.75) is 27.0 Å². The van der Waals surface area contributed by atoms with Crippen LogP contribution in [0, 0.1) is 12.7 Å². The van der Waals surface area contributed by atoms with E-state index in [0.717, 1.165) is 17.9 Å². The third-order valence-electron chi connectivity index (χ3n) is 3.73. The van der Waals surface area contributed by atoms with Crippen molar-refractivity contribution in [2.75, 3.05) is 19.7 Å². The number of nitrogens with one attached hydrogen (secondary N) is 2. The Balaban J connectivity index is 1.85. The first kappa shape index (κ1) is 19.7. The summed E-state index contributed by atoms with van der Waals surface area (Å²) in [7, 11) is 0. The quantitative estimate of drug-likeness (QED) is 0.385. The van der Waals surface area contributed by atoms with E-state index in [9.17, 15) is 4.39 Å². The highest BCUT2D eigenvalue weighted by atomic mass is 19.1. The van der Waals surface area contributed by atoms with E-state index >= 15 is 0 Å². The molecule has 2 aromatic rings. The maximum atomic E-state index is 13.4. The molecule has 0 heterocycles. The molecule has 3 N–H and O–H groups in total. The molecule has 2 aromatic carbocycles. The van der Waals surface area contributed by atoms with Gasteiger partial charge in [0.25, 0.3) is 0 Å². The van der Waals surface area contributed by atoms with Crippen LogP contribution in [0.1, 0.15) is 23.6 Å². The molecule has 6 heteroatoms. The molecule has 26 heavy (non-hydrogen) atoms. The molecule has 0 atom stereocenters. The molecule has 0 aliphatic carbocycles. The lowest BCUT2D eigenvalue weighted by atomic mass is 10.1. The van der Waals surface area contributed by atoms with Crippen LogP contribution in [-0.2, 0) is 13.2 Å². The van der Waals surface area contributed by atoms with Crippen LogP contribution in [0.25, 0.3) is 0 Å². The highest BCUT2D eigenvalue weighted by Crippen LogP contribution is 2.12. The predicted molar refractivity (Wildman–Crippen MR) is 102 cm³/mol. The second-order valence-corrected chi connectivity index (χ2v) is 5.87. The second kappa shape index (κ2) is 10.4. The lowest BCUT2D eigenvalue weighted by molar-refractivity contribution is 0.275. The lowest BCUT2D eigenvalue weighted by Gasteiger charge is -2.12. The Kier molecular flexibility index (Phi) is 7.89. The smallest absolute Gasteiger partial charge is 0.191 e. The first-order valence-electron chi connectivity index (χ1n) is 8.72. The summed E-state index contributed by atoms with van der Waals surface area (Å²) < 4.78 is 19.1. The minimum absolute atomic E-state index is 0.280. The minimum atomic E-state index is -0.404. The SMILES string of the molecule is CCNC(=NCc1ccc(F)c(CO)c1)NCCOc1ccc(C)cc1. The van der Waals surface area contributed by atoms with Gasteiger partial charge in [-0.25, -0.2) is 9.38 Å². The Morgan fingerprint density at radius 1 is 1.15 bits per heavy atom. The number of rotatable bonds is 8. The van der Waals surface area contributed by atoms with Crippen LogP contribution < -0.4 is 15.4 Å². The molecular weight excluding hydrogens is 333 g/mol. The summed E-state index contributed by atoms with van der Waals surface area (Å²) in [4.78, 5) is 4.48. The molecule has 0 unspecified atom stereocenters. The van der Waals surface area contributed by atoms with E-state index in [1.54, 1.807) is 12.1 Å². The number of aliphatic hydroxyl groups is 1. The van der Waals surface area contributed by atoms with E-state index in [4.69, 9.17) is 9.84 Å². The highest BCUT2D eigenvalue weighted by Gasteiger charge is 2.03. The van der Waals surface area contributed by atoms with Gasteiger partial charge >= 0.3 is 0 Å². The Bertz CT molecular complexity index is 717. The number of benzene rings is 2. The maximum Gasteiger partial charge on any atom is 0.191 e. The number of hydrogen-bond acceptors (Lipinski definition) is 3. The second-order valence-electron chi connectivity index (χ2n) is 5.87. The number of hydrogen-bond donors (Lipinski definition) is 3. The number of aryl methyl sites for hydroxylation is 1. The summed E-state index contributed by atoms with van der Waals surface area (Å²) >= 11 is 0. The zero-order chi connectivity index (χ0) is 18.8. The number of ether oxygens (including phenoxy) is 1. The van der Waals surface area contributed by atoms with Crippen molar-refractivity contribution in [1.29, 1.82) is 0 Å². The normalized spacial score (nSPS) is 11.3. The summed E-state index contributed by atoms with van der Waals surface area (Å²) in [5, 5.41) is 15.5. The number of halogens is 1. The van der Waals surface area contributed by atoms with E-state index < -0.39 is 5.82 Å². The summed E-state index contributed by atoms with van der Waals surface area (Å²) in [5.41, 5.74) is 2.31. The van der Waals surface area contributed by atoms with Gasteiger partial charge in [-0.2, -0.15) is 0 Å². The van der Waals surface area contributed by atoms with Crippen LogP contribution in [0.3, 0.4) is 0 Å². The van der Waals surface area contributed by atoms with Crippen molar-refractivity contribution < 1.29 is 14.2 Å². The average Bonchev–Trinajstić information content (AvgIpc) is 2.65. The molecule has 5 nitrogen and oxygen atoms in total. The summed E-state index contributed by atoms with van der Waals surface area (Å²) in [6.45, 7) is 5.94. The molecule has 0 radical (unpaired) electrons. The van der Waals surface area contributed by atoms with Crippen LogP contribution in [0.2, 0.25) is 0 Å². The zero-order valence-electron chi connectivity index (χ0n) is 15.3. The van der Waals surface area contributed by atoms with Crippen molar-refractivity contribution in [2.24, 2.45) is 4.99 Å². The Morgan fingerprint density at radius 2 is 1.92 bits per heavy atom. The van der Waals surface area contributed by atoms with Crippen LogP contribution in [0.15, 0.2) is 47.5 Å². The maximum absolute atomic E-state index is 13.4. The summed E-state index contributed by atoms with van der Waals surface area (Å²) in [6.07, 6.45) is 0. The molecule has 0 aliphatic heterocycles. The van der Waals surface area contributed by atoms with Crippen LogP contribution in [-0.4, -0.2) is 30.8 Å². The van der Waals surface area contributed by atoms with Gasteiger partial charge < -0.3 is 20.5 Å². The van der Waals surface area contributed by atoms with Gasteiger partial charge in [-0.15, -0.1) is 0 Å². The zero-order valence-corrected chi connectivity index (χ0v) is 15.3. The standard InChI is InChI=1S/C20H26FN3O2/c1-3-22-20(23-10-11-26-18-7-4-15(2)5-8-18)24-13-16-6-9-19(21)17(12-16)14-25/h4-9,12,25H,3,10-11,13-14H2,1-2H3,(H2,22,23,24). The van der Waals surface area contributed by atoms with Crippen LogP contribution in [0.5, 0.6) is 5.75 Å². The molecule has 0 fully saturated rings. The number of aliphatic hydroxyl groups excluding tert-OH is 1.